The second-order valence-corrected chi connectivity index (χ2v) is 5.60. The first-order valence-corrected chi connectivity index (χ1v) is 7.22. The van der Waals surface area contributed by atoms with Gasteiger partial charge in [0.2, 0.25) is 0 Å². The number of carboxylic acid groups (broad SMARTS) is 1. The Labute approximate surface area is 128 Å². The summed E-state index contributed by atoms with van der Waals surface area (Å²) in [5.41, 5.74) is 2.23. The van der Waals surface area contributed by atoms with Crippen LogP contribution in [0.15, 0.2) is 36.4 Å². The van der Waals surface area contributed by atoms with Gasteiger partial charge in [0.05, 0.1) is 5.02 Å². The van der Waals surface area contributed by atoms with Gasteiger partial charge in [-0.25, -0.2) is 9.78 Å². The Morgan fingerprint density at radius 1 is 1.33 bits per heavy atom. The van der Waals surface area contributed by atoms with Crippen LogP contribution in [0.25, 0.3) is 0 Å². The summed E-state index contributed by atoms with van der Waals surface area (Å²) >= 11 is 5.90. The lowest BCUT2D eigenvalue weighted by Crippen LogP contribution is -2.34. The molecule has 5 heteroatoms. The molecule has 0 radical (unpaired) electrons. The van der Waals surface area contributed by atoms with Crippen LogP contribution >= 0.6 is 11.6 Å². The van der Waals surface area contributed by atoms with Crippen molar-refractivity contribution in [2.45, 2.75) is 25.8 Å². The van der Waals surface area contributed by atoms with Gasteiger partial charge >= 0.3 is 5.97 Å². The lowest BCUT2D eigenvalue weighted by atomic mass is 9.96. The number of para-hydroxylation sites is 1. The van der Waals surface area contributed by atoms with Gasteiger partial charge in [-0.1, -0.05) is 29.8 Å². The Kier molecular flexibility index (Phi) is 3.55. The van der Waals surface area contributed by atoms with Gasteiger partial charge in [-0.15, -0.1) is 0 Å². The first kappa shape index (κ1) is 13.9. The fraction of sp³-hybridized carbons (Fsp3) is 0.250. The van der Waals surface area contributed by atoms with Crippen molar-refractivity contribution in [2.24, 2.45) is 0 Å². The van der Waals surface area contributed by atoms with Crippen molar-refractivity contribution in [1.29, 1.82) is 0 Å². The molecule has 108 valence electrons. The van der Waals surface area contributed by atoms with E-state index in [4.69, 9.17) is 11.6 Å². The zero-order chi connectivity index (χ0) is 15.0. The molecule has 1 aromatic heterocycles. The average Bonchev–Trinajstić information content (AvgIpc) is 2.48. The van der Waals surface area contributed by atoms with E-state index < -0.39 is 5.97 Å². The number of fused-ring (bicyclic) bond motifs is 1. The second-order valence-electron chi connectivity index (χ2n) is 5.19. The van der Waals surface area contributed by atoms with Crippen molar-refractivity contribution < 1.29 is 9.90 Å². The van der Waals surface area contributed by atoms with E-state index in [9.17, 15) is 9.90 Å². The molecule has 2 heterocycles. The molecule has 0 saturated heterocycles. The summed E-state index contributed by atoms with van der Waals surface area (Å²) in [6.45, 7) is 2.12. The van der Waals surface area contributed by atoms with E-state index in [1.165, 1.54) is 5.56 Å². The highest BCUT2D eigenvalue weighted by molar-refractivity contribution is 6.33. The number of aromatic nitrogens is 1. The number of hydrogen-bond acceptors (Lipinski definition) is 3. The van der Waals surface area contributed by atoms with E-state index >= 15 is 0 Å². The van der Waals surface area contributed by atoms with Crippen LogP contribution in [0.5, 0.6) is 0 Å². The molecule has 3 rings (SSSR count). The molecule has 2 aromatic rings. The summed E-state index contributed by atoms with van der Waals surface area (Å²) in [4.78, 5) is 17.5. The number of benzene rings is 1. The van der Waals surface area contributed by atoms with Crippen molar-refractivity contribution in [3.05, 3.63) is 52.7 Å². The van der Waals surface area contributed by atoms with Crippen LogP contribution in [0.3, 0.4) is 0 Å². The number of aromatic carboxylic acids is 1. The van der Waals surface area contributed by atoms with Crippen molar-refractivity contribution in [2.75, 3.05) is 4.90 Å². The van der Waals surface area contributed by atoms with Crippen molar-refractivity contribution in [3.8, 4) is 0 Å². The third-order valence-corrected chi connectivity index (χ3v) is 4.11. The molecule has 1 aliphatic heterocycles. The molecular weight excluding hydrogens is 288 g/mol. The lowest BCUT2D eigenvalue weighted by molar-refractivity contribution is 0.0691. The predicted octanol–water partition coefficient (Wildman–Crippen LogP) is 3.91. The van der Waals surface area contributed by atoms with Crippen LogP contribution in [0.4, 0.5) is 11.5 Å². The number of carbonyl (C=O) groups is 1. The largest absolute Gasteiger partial charge is 0.476 e. The van der Waals surface area contributed by atoms with Gasteiger partial charge < -0.3 is 10.0 Å². The SMILES string of the molecule is CC1CCc2ccccc2N1c1ccc(Cl)c(C(=O)O)n1. The van der Waals surface area contributed by atoms with Gasteiger partial charge in [-0.05, 0) is 43.5 Å². The molecule has 0 saturated carbocycles. The fourth-order valence-electron chi connectivity index (χ4n) is 2.75. The van der Waals surface area contributed by atoms with E-state index in [0.717, 1.165) is 18.5 Å². The van der Waals surface area contributed by atoms with Gasteiger partial charge in [0.25, 0.3) is 0 Å². The number of anilines is 2. The van der Waals surface area contributed by atoms with Crippen LogP contribution in [-0.4, -0.2) is 22.1 Å². The zero-order valence-electron chi connectivity index (χ0n) is 11.6. The number of rotatable bonds is 2. The predicted molar refractivity (Wildman–Crippen MR) is 82.6 cm³/mol. The first-order chi connectivity index (χ1) is 10.1. The number of aryl methyl sites for hydroxylation is 1. The number of pyridine rings is 1. The van der Waals surface area contributed by atoms with E-state index in [0.29, 0.717) is 5.82 Å². The molecule has 0 amide bonds. The van der Waals surface area contributed by atoms with Crippen LogP contribution in [0, 0.1) is 0 Å². The normalized spacial score (nSPS) is 17.4. The Morgan fingerprint density at radius 3 is 2.86 bits per heavy atom. The Hall–Kier alpha value is -2.07. The van der Waals surface area contributed by atoms with Gasteiger partial charge in [0.1, 0.15) is 5.82 Å². The summed E-state index contributed by atoms with van der Waals surface area (Å²) in [6.07, 6.45) is 2.02. The third kappa shape index (κ3) is 2.47. The molecule has 1 atom stereocenters. The van der Waals surface area contributed by atoms with Gasteiger partial charge in [0.15, 0.2) is 5.69 Å². The third-order valence-electron chi connectivity index (χ3n) is 3.80. The standard InChI is InChI=1S/C16H15ClN2O2/c1-10-6-7-11-4-2-3-5-13(11)19(10)14-9-8-12(17)15(18-14)16(20)21/h2-5,8-10H,6-7H2,1H3,(H,20,21). The smallest absolute Gasteiger partial charge is 0.356 e. The topological polar surface area (TPSA) is 53.4 Å². The van der Waals surface area contributed by atoms with E-state index in [2.05, 4.69) is 22.9 Å². The average molecular weight is 303 g/mol. The molecule has 4 nitrogen and oxygen atoms in total. The molecule has 0 spiro atoms. The summed E-state index contributed by atoms with van der Waals surface area (Å²) in [5.74, 6) is -0.490. The van der Waals surface area contributed by atoms with Gasteiger partial charge in [0, 0.05) is 11.7 Å². The molecule has 1 aromatic carbocycles. The van der Waals surface area contributed by atoms with Crippen LogP contribution in [-0.2, 0) is 6.42 Å². The summed E-state index contributed by atoms with van der Waals surface area (Å²) in [7, 11) is 0. The summed E-state index contributed by atoms with van der Waals surface area (Å²) in [5, 5.41) is 9.34. The molecule has 21 heavy (non-hydrogen) atoms. The molecule has 1 unspecified atom stereocenters. The number of carboxylic acids is 1. The quantitative estimate of drug-likeness (QED) is 0.914. The van der Waals surface area contributed by atoms with Crippen LogP contribution in [0.1, 0.15) is 29.4 Å². The maximum atomic E-state index is 11.2. The van der Waals surface area contributed by atoms with Gasteiger partial charge in [-0.3, -0.25) is 0 Å². The van der Waals surface area contributed by atoms with E-state index in [1.54, 1.807) is 12.1 Å². The van der Waals surface area contributed by atoms with E-state index in [1.807, 2.05) is 18.2 Å². The van der Waals surface area contributed by atoms with Crippen molar-refractivity contribution in [3.63, 3.8) is 0 Å². The minimum atomic E-state index is -1.11. The molecule has 0 fully saturated rings. The lowest BCUT2D eigenvalue weighted by Gasteiger charge is -2.36. The Bertz CT molecular complexity index is 702. The zero-order valence-corrected chi connectivity index (χ0v) is 12.3. The molecule has 1 N–H and O–H groups in total. The van der Waals surface area contributed by atoms with Crippen molar-refractivity contribution >= 4 is 29.1 Å². The second kappa shape index (κ2) is 5.37. The number of hydrogen-bond donors (Lipinski definition) is 1. The van der Waals surface area contributed by atoms with Crippen LogP contribution < -0.4 is 4.90 Å². The summed E-state index contributed by atoms with van der Waals surface area (Å²) < 4.78 is 0. The Balaban J connectivity index is 2.12. The first-order valence-electron chi connectivity index (χ1n) is 6.85. The molecular formula is C16H15ClN2O2. The highest BCUT2D eigenvalue weighted by Crippen LogP contribution is 2.36. The highest BCUT2D eigenvalue weighted by atomic mass is 35.5. The molecule has 1 aliphatic rings. The minimum absolute atomic E-state index is 0.107. The number of nitrogens with zero attached hydrogens (tertiary/aromatic N) is 2. The Morgan fingerprint density at radius 2 is 2.10 bits per heavy atom. The maximum Gasteiger partial charge on any atom is 0.356 e. The molecule has 0 aliphatic carbocycles. The maximum absolute atomic E-state index is 11.2. The fourth-order valence-corrected chi connectivity index (χ4v) is 2.94. The molecule has 0 bridgehead atoms. The van der Waals surface area contributed by atoms with E-state index in [-0.39, 0.29) is 16.8 Å². The minimum Gasteiger partial charge on any atom is -0.476 e. The summed E-state index contributed by atoms with van der Waals surface area (Å²) in [6, 6.07) is 11.8. The van der Waals surface area contributed by atoms with Crippen LogP contribution in [0.2, 0.25) is 5.02 Å². The van der Waals surface area contributed by atoms with Crippen molar-refractivity contribution in [1.82, 2.24) is 4.98 Å². The monoisotopic (exact) mass is 302 g/mol. The van der Waals surface area contributed by atoms with Gasteiger partial charge in [-0.2, -0.15) is 0 Å². The highest BCUT2D eigenvalue weighted by Gasteiger charge is 2.26. The number of halogens is 1.